The van der Waals surface area contributed by atoms with E-state index in [2.05, 4.69) is 15.0 Å². The van der Waals surface area contributed by atoms with Gasteiger partial charge in [0.2, 0.25) is 5.95 Å². The number of hydrogen-bond acceptors (Lipinski definition) is 4. The Morgan fingerprint density at radius 3 is 2.47 bits per heavy atom. The Hall–Kier alpha value is -1.99. The zero-order valence-electron chi connectivity index (χ0n) is 7.26. The Kier molecular flexibility index (Phi) is 1.75. The van der Waals surface area contributed by atoms with Crippen molar-refractivity contribution in [2.45, 2.75) is 6.18 Å². The summed E-state index contributed by atoms with van der Waals surface area (Å²) in [7, 11) is 0. The highest BCUT2D eigenvalue weighted by molar-refractivity contribution is 5.90. The summed E-state index contributed by atoms with van der Waals surface area (Å²) in [5, 5.41) is -0.253. The van der Waals surface area contributed by atoms with E-state index < -0.39 is 11.7 Å². The maximum absolute atomic E-state index is 12.5. The molecule has 0 saturated carbocycles. The van der Waals surface area contributed by atoms with Gasteiger partial charge in [-0.1, -0.05) is 0 Å². The van der Waals surface area contributed by atoms with Gasteiger partial charge < -0.3 is 16.5 Å². The maximum Gasteiger partial charge on any atom is 0.418 e. The molecule has 0 atom stereocenters. The molecule has 8 heteroatoms. The molecule has 80 valence electrons. The molecule has 5 nitrogen and oxygen atoms in total. The van der Waals surface area contributed by atoms with Crippen LogP contribution < -0.4 is 11.5 Å². The summed E-state index contributed by atoms with van der Waals surface area (Å²) in [6, 6.07) is 0. The van der Waals surface area contributed by atoms with Crippen LogP contribution in [0.3, 0.4) is 0 Å². The molecule has 2 rings (SSSR count). The molecule has 0 bridgehead atoms. The Bertz CT molecular complexity index is 515. The molecule has 2 heterocycles. The van der Waals surface area contributed by atoms with Gasteiger partial charge in [0, 0.05) is 6.20 Å². The van der Waals surface area contributed by atoms with Crippen LogP contribution in [-0.2, 0) is 6.18 Å². The highest BCUT2D eigenvalue weighted by Crippen LogP contribution is 2.36. The van der Waals surface area contributed by atoms with Gasteiger partial charge in [-0.3, -0.25) is 0 Å². The molecule has 0 spiro atoms. The number of alkyl halides is 3. The van der Waals surface area contributed by atoms with E-state index in [1.165, 1.54) is 0 Å². The van der Waals surface area contributed by atoms with Gasteiger partial charge in [0.05, 0.1) is 10.9 Å². The van der Waals surface area contributed by atoms with E-state index in [1.54, 1.807) is 0 Å². The highest BCUT2D eigenvalue weighted by atomic mass is 19.4. The number of hydrogen-bond donors (Lipinski definition) is 3. The van der Waals surface area contributed by atoms with Crippen LogP contribution in [-0.4, -0.2) is 15.0 Å². The van der Waals surface area contributed by atoms with Crippen LogP contribution in [0.5, 0.6) is 0 Å². The first-order valence-corrected chi connectivity index (χ1v) is 3.87. The van der Waals surface area contributed by atoms with E-state index in [4.69, 9.17) is 11.5 Å². The van der Waals surface area contributed by atoms with Gasteiger partial charge in [-0.25, -0.2) is 0 Å². The number of H-pyrrole nitrogens is 1. The first-order chi connectivity index (χ1) is 6.89. The second kappa shape index (κ2) is 2.75. The highest BCUT2D eigenvalue weighted by Gasteiger charge is 2.35. The van der Waals surface area contributed by atoms with Gasteiger partial charge in [0.15, 0.2) is 0 Å². The molecule has 0 aromatic carbocycles. The summed E-state index contributed by atoms with van der Waals surface area (Å²) >= 11 is 0. The molecule has 2 aromatic rings. The lowest BCUT2D eigenvalue weighted by Gasteiger charge is -2.05. The van der Waals surface area contributed by atoms with Crippen molar-refractivity contribution in [1.29, 1.82) is 0 Å². The van der Waals surface area contributed by atoms with Crippen molar-refractivity contribution in [3.05, 3.63) is 11.8 Å². The van der Waals surface area contributed by atoms with Crippen LogP contribution in [0.1, 0.15) is 5.56 Å². The minimum atomic E-state index is -4.49. The molecule has 0 unspecified atom stereocenters. The average molecular weight is 217 g/mol. The van der Waals surface area contributed by atoms with E-state index in [0.29, 0.717) is 0 Å². The third-order valence-corrected chi connectivity index (χ3v) is 1.88. The molecule has 2 aromatic heterocycles. The number of nitrogens with one attached hydrogen (secondary N) is 1. The van der Waals surface area contributed by atoms with Crippen molar-refractivity contribution in [1.82, 2.24) is 15.0 Å². The van der Waals surface area contributed by atoms with E-state index in [1.807, 2.05) is 0 Å². The number of aromatic amines is 1. The first kappa shape index (κ1) is 9.56. The molecule has 0 amide bonds. The predicted octanol–water partition coefficient (Wildman–Crippen LogP) is 1.14. The number of nitrogens with two attached hydrogens (primary N) is 2. The third-order valence-electron chi connectivity index (χ3n) is 1.88. The Morgan fingerprint density at radius 1 is 1.20 bits per heavy atom. The van der Waals surface area contributed by atoms with Crippen molar-refractivity contribution in [2.75, 3.05) is 11.5 Å². The Balaban J connectivity index is 2.81. The fourth-order valence-corrected chi connectivity index (χ4v) is 1.30. The number of halogens is 3. The molecule has 15 heavy (non-hydrogen) atoms. The van der Waals surface area contributed by atoms with E-state index in [9.17, 15) is 13.2 Å². The number of aromatic nitrogens is 3. The first-order valence-electron chi connectivity index (χ1n) is 3.87. The summed E-state index contributed by atoms with van der Waals surface area (Å²) < 4.78 is 37.4. The smallest absolute Gasteiger partial charge is 0.383 e. The monoisotopic (exact) mass is 217 g/mol. The second-order valence-electron chi connectivity index (χ2n) is 2.89. The average Bonchev–Trinajstić information content (AvgIpc) is 2.45. The van der Waals surface area contributed by atoms with Crippen LogP contribution in [0.4, 0.5) is 24.9 Å². The fraction of sp³-hybridized carbons (Fsp3) is 0.143. The van der Waals surface area contributed by atoms with Gasteiger partial charge in [0.25, 0.3) is 0 Å². The zero-order chi connectivity index (χ0) is 11.2. The lowest BCUT2D eigenvalue weighted by molar-refractivity contribution is -0.136. The molecule has 0 radical (unpaired) electrons. The summed E-state index contributed by atoms with van der Waals surface area (Å²) in [6.45, 7) is 0. The summed E-state index contributed by atoms with van der Waals surface area (Å²) in [5.74, 6) is -0.457. The predicted molar refractivity (Wildman–Crippen MR) is 47.7 cm³/mol. The maximum atomic E-state index is 12.5. The number of nitrogens with zero attached hydrogens (tertiary/aromatic N) is 2. The molecule has 0 aliphatic carbocycles. The Morgan fingerprint density at radius 2 is 1.87 bits per heavy atom. The van der Waals surface area contributed by atoms with Gasteiger partial charge in [-0.05, 0) is 0 Å². The van der Waals surface area contributed by atoms with Crippen LogP contribution in [0.2, 0.25) is 0 Å². The van der Waals surface area contributed by atoms with Gasteiger partial charge in [-0.15, -0.1) is 0 Å². The van der Waals surface area contributed by atoms with Gasteiger partial charge in [-0.2, -0.15) is 23.1 Å². The molecule has 0 aliphatic rings. The van der Waals surface area contributed by atoms with Crippen LogP contribution >= 0.6 is 0 Å². The molecule has 0 saturated heterocycles. The fourth-order valence-electron chi connectivity index (χ4n) is 1.30. The van der Waals surface area contributed by atoms with Crippen LogP contribution in [0.15, 0.2) is 6.20 Å². The molecule has 5 N–H and O–H groups in total. The molecule has 0 aliphatic heterocycles. The van der Waals surface area contributed by atoms with Crippen LogP contribution in [0, 0.1) is 0 Å². The minimum Gasteiger partial charge on any atom is -0.383 e. The standard InChI is InChI=1S/C7H6F3N5/c8-7(9,10)2-1-13-5-3(2)4(11)14-6(12)15-5/h1H,(H5,11,12,13,14,15). The zero-order valence-corrected chi connectivity index (χ0v) is 7.26. The van der Waals surface area contributed by atoms with Gasteiger partial charge in [0.1, 0.15) is 11.5 Å². The number of rotatable bonds is 0. The lowest BCUT2D eigenvalue weighted by atomic mass is 10.2. The SMILES string of the molecule is Nc1nc(N)c2c(C(F)(F)F)c[nH]c2n1. The molecular formula is C7H6F3N5. The Labute approximate surface area is 81.3 Å². The van der Waals surface area contributed by atoms with Crippen molar-refractivity contribution in [3.63, 3.8) is 0 Å². The topological polar surface area (TPSA) is 93.6 Å². The summed E-state index contributed by atoms with van der Waals surface area (Å²) in [6.07, 6.45) is -3.71. The van der Waals surface area contributed by atoms with Crippen molar-refractivity contribution >= 4 is 22.8 Å². The van der Waals surface area contributed by atoms with E-state index >= 15 is 0 Å². The number of nitrogen functional groups attached to an aromatic ring is 2. The third kappa shape index (κ3) is 1.43. The van der Waals surface area contributed by atoms with Crippen molar-refractivity contribution < 1.29 is 13.2 Å². The van der Waals surface area contributed by atoms with Crippen molar-refractivity contribution in [3.8, 4) is 0 Å². The van der Waals surface area contributed by atoms with E-state index in [0.717, 1.165) is 6.20 Å². The molecular weight excluding hydrogens is 211 g/mol. The number of anilines is 2. The van der Waals surface area contributed by atoms with Crippen molar-refractivity contribution in [2.24, 2.45) is 0 Å². The lowest BCUT2D eigenvalue weighted by Crippen LogP contribution is -2.06. The summed E-state index contributed by atoms with van der Waals surface area (Å²) in [4.78, 5) is 9.42. The molecule has 0 fully saturated rings. The largest absolute Gasteiger partial charge is 0.418 e. The number of fused-ring (bicyclic) bond motifs is 1. The van der Waals surface area contributed by atoms with E-state index in [-0.39, 0.29) is 22.8 Å². The quantitative estimate of drug-likeness (QED) is 0.616. The normalized spacial score (nSPS) is 12.2. The van der Waals surface area contributed by atoms with Crippen LogP contribution in [0.25, 0.3) is 11.0 Å². The summed E-state index contributed by atoms with van der Waals surface area (Å²) in [5.41, 5.74) is 9.67. The second-order valence-corrected chi connectivity index (χ2v) is 2.89. The van der Waals surface area contributed by atoms with Gasteiger partial charge >= 0.3 is 6.18 Å². The minimum absolute atomic E-state index is 0.0210.